The van der Waals surface area contributed by atoms with E-state index in [4.69, 9.17) is 4.42 Å². The van der Waals surface area contributed by atoms with Crippen molar-refractivity contribution >= 4 is 11.1 Å². The first kappa shape index (κ1) is 12.5. The van der Waals surface area contributed by atoms with Gasteiger partial charge in [0.2, 0.25) is 0 Å². The summed E-state index contributed by atoms with van der Waals surface area (Å²) in [6, 6.07) is 6.38. The van der Waals surface area contributed by atoms with Crippen LogP contribution in [0.5, 0.6) is 0 Å². The number of rotatable bonds is 4. The summed E-state index contributed by atoms with van der Waals surface area (Å²) >= 11 is 0. The Balaban J connectivity index is 2.01. The minimum Gasteiger partial charge on any atom is -0.408 e. The maximum atomic E-state index is 11.5. The molecule has 2 atom stereocenters. The maximum absolute atomic E-state index is 11.5. The molecule has 0 spiro atoms. The molecule has 2 unspecified atom stereocenters. The van der Waals surface area contributed by atoms with Crippen molar-refractivity contribution in [3.63, 3.8) is 0 Å². The first-order valence-electron chi connectivity index (χ1n) is 6.88. The van der Waals surface area contributed by atoms with Gasteiger partial charge < -0.3 is 9.73 Å². The Labute approximate surface area is 112 Å². The zero-order chi connectivity index (χ0) is 13.6. The van der Waals surface area contributed by atoms with Crippen molar-refractivity contribution in [3.05, 3.63) is 34.3 Å². The number of oxazole rings is 1. The molecule has 1 aliphatic rings. The average molecular weight is 260 g/mol. The fourth-order valence-corrected chi connectivity index (χ4v) is 2.97. The second kappa shape index (κ2) is 4.53. The predicted octanol–water partition coefficient (Wildman–Crippen LogP) is 2.44. The molecular formula is C15H20N2O2. The number of hydrogen-bond acceptors (Lipinski definition) is 3. The summed E-state index contributed by atoms with van der Waals surface area (Å²) in [5.74, 6) is 1.14. The van der Waals surface area contributed by atoms with Crippen molar-refractivity contribution in [2.24, 2.45) is 18.9 Å². The van der Waals surface area contributed by atoms with Crippen LogP contribution >= 0.6 is 0 Å². The van der Waals surface area contributed by atoms with E-state index in [9.17, 15) is 4.79 Å². The summed E-state index contributed by atoms with van der Waals surface area (Å²) in [5.41, 5.74) is 2.72. The summed E-state index contributed by atoms with van der Waals surface area (Å²) in [6.07, 6.45) is 2.67. The fourth-order valence-electron chi connectivity index (χ4n) is 2.97. The van der Waals surface area contributed by atoms with Crippen LogP contribution < -0.4 is 11.1 Å². The van der Waals surface area contributed by atoms with Gasteiger partial charge in [0.1, 0.15) is 0 Å². The molecule has 0 radical (unpaired) electrons. The molecule has 1 aliphatic carbocycles. The quantitative estimate of drug-likeness (QED) is 0.918. The zero-order valence-electron chi connectivity index (χ0n) is 11.6. The van der Waals surface area contributed by atoms with Gasteiger partial charge in [0, 0.05) is 13.1 Å². The van der Waals surface area contributed by atoms with Gasteiger partial charge >= 0.3 is 5.76 Å². The topological polar surface area (TPSA) is 47.2 Å². The Bertz CT molecular complexity index is 652. The van der Waals surface area contributed by atoms with E-state index in [0.29, 0.717) is 17.5 Å². The molecule has 0 saturated heterocycles. The minimum atomic E-state index is -0.302. The van der Waals surface area contributed by atoms with Gasteiger partial charge in [-0.3, -0.25) is 4.57 Å². The summed E-state index contributed by atoms with van der Waals surface area (Å²) in [5, 5.41) is 3.40. The molecule has 0 amide bonds. The highest BCUT2D eigenvalue weighted by atomic mass is 16.4. The number of hydrogen-bond donors (Lipinski definition) is 1. The number of benzene rings is 1. The van der Waals surface area contributed by atoms with E-state index in [1.807, 2.05) is 19.2 Å². The molecular weight excluding hydrogens is 240 g/mol. The van der Waals surface area contributed by atoms with Gasteiger partial charge in [-0.2, -0.15) is 0 Å². The third kappa shape index (κ3) is 2.10. The van der Waals surface area contributed by atoms with E-state index in [1.54, 1.807) is 7.05 Å². The van der Waals surface area contributed by atoms with Crippen LogP contribution in [0.2, 0.25) is 0 Å². The Kier molecular flexibility index (Phi) is 2.97. The minimum absolute atomic E-state index is 0.302. The Morgan fingerprint density at radius 3 is 2.79 bits per heavy atom. The van der Waals surface area contributed by atoms with Gasteiger partial charge in [0.25, 0.3) is 0 Å². The van der Waals surface area contributed by atoms with Crippen molar-refractivity contribution < 1.29 is 4.42 Å². The number of aromatic nitrogens is 1. The molecule has 3 rings (SSSR count). The van der Waals surface area contributed by atoms with E-state index >= 15 is 0 Å². The van der Waals surface area contributed by atoms with Gasteiger partial charge in [0.15, 0.2) is 5.58 Å². The van der Waals surface area contributed by atoms with Crippen LogP contribution in [0.3, 0.4) is 0 Å². The largest absolute Gasteiger partial charge is 0.419 e. The Morgan fingerprint density at radius 2 is 2.16 bits per heavy atom. The van der Waals surface area contributed by atoms with Crippen LogP contribution in [-0.4, -0.2) is 11.6 Å². The van der Waals surface area contributed by atoms with Crippen LogP contribution in [0.25, 0.3) is 11.1 Å². The van der Waals surface area contributed by atoms with Crippen LogP contribution in [0.1, 0.15) is 31.4 Å². The SMILES string of the molecule is CNC(c1ccc2c(c1)oc(=O)n2C)C(C)C1CC1. The van der Waals surface area contributed by atoms with Crippen molar-refractivity contribution in [1.82, 2.24) is 9.88 Å². The molecule has 102 valence electrons. The van der Waals surface area contributed by atoms with Crippen LogP contribution in [0, 0.1) is 11.8 Å². The molecule has 1 aromatic carbocycles. The lowest BCUT2D eigenvalue weighted by atomic mass is 9.90. The molecule has 1 aromatic heterocycles. The van der Waals surface area contributed by atoms with Crippen molar-refractivity contribution in [2.45, 2.75) is 25.8 Å². The second-order valence-corrected chi connectivity index (χ2v) is 5.62. The van der Waals surface area contributed by atoms with Gasteiger partial charge in [-0.15, -0.1) is 0 Å². The number of aryl methyl sites for hydroxylation is 1. The first-order chi connectivity index (χ1) is 9.11. The molecule has 1 fully saturated rings. The lowest BCUT2D eigenvalue weighted by Gasteiger charge is -2.23. The van der Waals surface area contributed by atoms with Gasteiger partial charge in [-0.05, 0) is 49.4 Å². The summed E-state index contributed by atoms with van der Waals surface area (Å²) in [4.78, 5) is 11.5. The molecule has 2 aromatic rings. The summed E-state index contributed by atoms with van der Waals surface area (Å²) in [6.45, 7) is 2.30. The van der Waals surface area contributed by atoms with E-state index in [0.717, 1.165) is 11.4 Å². The molecule has 1 heterocycles. The van der Waals surface area contributed by atoms with Crippen molar-refractivity contribution in [2.75, 3.05) is 7.05 Å². The third-order valence-electron chi connectivity index (χ3n) is 4.38. The molecule has 1 saturated carbocycles. The van der Waals surface area contributed by atoms with Crippen LogP contribution in [-0.2, 0) is 7.05 Å². The van der Waals surface area contributed by atoms with Gasteiger partial charge in [-0.1, -0.05) is 13.0 Å². The summed E-state index contributed by atoms with van der Waals surface area (Å²) in [7, 11) is 3.73. The molecule has 0 bridgehead atoms. The van der Waals surface area contributed by atoms with Crippen molar-refractivity contribution in [3.8, 4) is 0 Å². The second-order valence-electron chi connectivity index (χ2n) is 5.62. The van der Waals surface area contributed by atoms with Gasteiger partial charge in [0.05, 0.1) is 5.52 Å². The van der Waals surface area contributed by atoms with E-state index in [2.05, 4.69) is 18.3 Å². The highest BCUT2D eigenvalue weighted by Gasteiger charge is 2.33. The predicted molar refractivity (Wildman–Crippen MR) is 75.1 cm³/mol. The lowest BCUT2D eigenvalue weighted by Crippen LogP contribution is -2.24. The molecule has 4 heteroatoms. The van der Waals surface area contributed by atoms with Gasteiger partial charge in [-0.25, -0.2) is 4.79 Å². The normalized spacial score (nSPS) is 18.7. The highest BCUT2D eigenvalue weighted by Crippen LogP contribution is 2.42. The third-order valence-corrected chi connectivity index (χ3v) is 4.38. The smallest absolute Gasteiger partial charge is 0.408 e. The maximum Gasteiger partial charge on any atom is 0.419 e. The van der Waals surface area contributed by atoms with Crippen LogP contribution in [0.15, 0.2) is 27.4 Å². The lowest BCUT2D eigenvalue weighted by molar-refractivity contribution is 0.369. The average Bonchev–Trinajstić information content (AvgIpc) is 3.19. The van der Waals surface area contributed by atoms with E-state index < -0.39 is 0 Å². The first-order valence-corrected chi connectivity index (χ1v) is 6.88. The standard InChI is InChI=1S/C15H20N2O2/c1-9(10-4-5-10)14(16-2)11-6-7-12-13(8-11)19-15(18)17(12)3/h6-10,14,16H,4-5H2,1-3H3. The van der Waals surface area contributed by atoms with Crippen LogP contribution in [0.4, 0.5) is 0 Å². The van der Waals surface area contributed by atoms with E-state index in [-0.39, 0.29) is 5.76 Å². The molecule has 1 N–H and O–H groups in total. The van der Waals surface area contributed by atoms with Crippen molar-refractivity contribution in [1.29, 1.82) is 0 Å². The van der Waals surface area contributed by atoms with E-state index in [1.165, 1.54) is 23.0 Å². The number of nitrogens with one attached hydrogen (secondary N) is 1. The number of nitrogens with zero attached hydrogens (tertiary/aromatic N) is 1. The monoisotopic (exact) mass is 260 g/mol. The fraction of sp³-hybridized carbons (Fsp3) is 0.533. The zero-order valence-corrected chi connectivity index (χ0v) is 11.6. The molecule has 4 nitrogen and oxygen atoms in total. The Morgan fingerprint density at radius 1 is 1.42 bits per heavy atom. The number of fused-ring (bicyclic) bond motifs is 1. The molecule has 0 aliphatic heterocycles. The Hall–Kier alpha value is -1.55. The molecule has 19 heavy (non-hydrogen) atoms. The summed E-state index contributed by atoms with van der Waals surface area (Å²) < 4.78 is 6.81. The highest BCUT2D eigenvalue weighted by molar-refractivity contribution is 5.73.